The first kappa shape index (κ1) is 14.1. The summed E-state index contributed by atoms with van der Waals surface area (Å²) in [6, 6.07) is 3.30. The lowest BCUT2D eigenvalue weighted by molar-refractivity contribution is -0.136. The Labute approximate surface area is 132 Å². The molecule has 118 valence electrons. The molecule has 0 spiro atoms. The Hall–Kier alpha value is -2.50. The molecular weight excluding hydrogens is 296 g/mol. The van der Waals surface area contributed by atoms with Gasteiger partial charge in [-0.3, -0.25) is 19.7 Å². The quantitative estimate of drug-likeness (QED) is 0.631. The molecule has 2 atom stereocenters. The SMILES string of the molecule is O=C[C@@H]1Cc2cc3c(cc2C1)C(=O)N(C1CCC(=O)NC1=O)C3. The Morgan fingerprint density at radius 3 is 2.52 bits per heavy atom. The molecule has 1 aromatic rings. The molecule has 3 amide bonds. The van der Waals surface area contributed by atoms with E-state index in [4.69, 9.17) is 0 Å². The van der Waals surface area contributed by atoms with E-state index < -0.39 is 11.9 Å². The first-order chi connectivity index (χ1) is 11.1. The molecule has 2 aliphatic heterocycles. The van der Waals surface area contributed by atoms with Gasteiger partial charge in [-0.1, -0.05) is 6.07 Å². The van der Waals surface area contributed by atoms with Crippen molar-refractivity contribution in [3.8, 4) is 0 Å². The summed E-state index contributed by atoms with van der Waals surface area (Å²) < 4.78 is 0. The highest BCUT2D eigenvalue weighted by Gasteiger charge is 2.39. The van der Waals surface area contributed by atoms with Crippen molar-refractivity contribution >= 4 is 24.0 Å². The Morgan fingerprint density at radius 2 is 1.83 bits per heavy atom. The summed E-state index contributed by atoms with van der Waals surface area (Å²) in [6.07, 6.45) is 3.00. The molecule has 6 heteroatoms. The Kier molecular flexibility index (Phi) is 3.07. The summed E-state index contributed by atoms with van der Waals surface area (Å²) in [5.41, 5.74) is 3.71. The maximum atomic E-state index is 12.7. The van der Waals surface area contributed by atoms with Gasteiger partial charge in [-0.25, -0.2) is 0 Å². The predicted molar refractivity (Wildman–Crippen MR) is 79.4 cm³/mol. The van der Waals surface area contributed by atoms with Crippen LogP contribution in [0.15, 0.2) is 12.1 Å². The van der Waals surface area contributed by atoms with Crippen LogP contribution in [0.2, 0.25) is 0 Å². The lowest BCUT2D eigenvalue weighted by Crippen LogP contribution is -2.52. The van der Waals surface area contributed by atoms with Crippen LogP contribution < -0.4 is 5.32 Å². The molecule has 4 rings (SSSR count). The minimum atomic E-state index is -0.579. The molecule has 6 nitrogen and oxygen atoms in total. The average Bonchev–Trinajstić information content (AvgIpc) is 3.06. The third-order valence-electron chi connectivity index (χ3n) is 5.00. The number of nitrogens with zero attached hydrogens (tertiary/aromatic N) is 1. The van der Waals surface area contributed by atoms with Gasteiger partial charge in [-0.15, -0.1) is 0 Å². The van der Waals surface area contributed by atoms with Gasteiger partial charge in [0.15, 0.2) is 0 Å². The van der Waals surface area contributed by atoms with Gasteiger partial charge in [-0.2, -0.15) is 0 Å². The van der Waals surface area contributed by atoms with Crippen LogP contribution in [0.4, 0.5) is 0 Å². The van der Waals surface area contributed by atoms with E-state index in [1.807, 2.05) is 12.1 Å². The summed E-state index contributed by atoms with van der Waals surface area (Å²) in [4.78, 5) is 48.5. The second-order valence-electron chi connectivity index (χ2n) is 6.48. The maximum Gasteiger partial charge on any atom is 0.255 e. The highest BCUT2D eigenvalue weighted by molar-refractivity contribution is 6.05. The molecule has 1 fully saturated rings. The van der Waals surface area contributed by atoms with Gasteiger partial charge in [0.2, 0.25) is 11.8 Å². The zero-order valence-electron chi connectivity index (χ0n) is 12.5. The molecule has 2 heterocycles. The second-order valence-corrected chi connectivity index (χ2v) is 6.48. The van der Waals surface area contributed by atoms with E-state index in [9.17, 15) is 19.2 Å². The first-order valence-electron chi connectivity index (χ1n) is 7.81. The van der Waals surface area contributed by atoms with Gasteiger partial charge in [-0.05, 0) is 42.0 Å². The third kappa shape index (κ3) is 2.17. The Bertz CT molecular complexity index is 755. The first-order valence-corrected chi connectivity index (χ1v) is 7.81. The van der Waals surface area contributed by atoms with Crippen LogP contribution in [0.25, 0.3) is 0 Å². The topological polar surface area (TPSA) is 83.6 Å². The number of nitrogens with one attached hydrogen (secondary N) is 1. The Balaban J connectivity index is 1.61. The molecule has 0 aromatic heterocycles. The van der Waals surface area contributed by atoms with Crippen LogP contribution in [-0.2, 0) is 33.8 Å². The predicted octanol–water partition coefficient (Wildman–Crippen LogP) is 0.361. The van der Waals surface area contributed by atoms with Crippen molar-refractivity contribution in [2.24, 2.45) is 5.92 Å². The van der Waals surface area contributed by atoms with E-state index in [2.05, 4.69) is 5.32 Å². The molecule has 1 N–H and O–H groups in total. The molecule has 0 saturated carbocycles. The standard InChI is InChI=1S/C17H16N2O4/c20-8-9-3-10-5-12-7-19(14-1-2-15(21)18-16(14)22)17(23)13(12)6-11(10)4-9/h5-6,8-9,14H,1-4,7H2,(H,18,21,22)/t9-,14?/m1/s1. The highest BCUT2D eigenvalue weighted by atomic mass is 16.2. The number of benzene rings is 1. The number of carbonyl (C=O) groups excluding carboxylic acids is 4. The van der Waals surface area contributed by atoms with E-state index in [1.165, 1.54) is 0 Å². The number of rotatable bonds is 2. The summed E-state index contributed by atoms with van der Waals surface area (Å²) in [6.45, 7) is 0.388. The largest absolute Gasteiger partial charge is 0.322 e. The van der Waals surface area contributed by atoms with Crippen molar-refractivity contribution in [2.75, 3.05) is 0 Å². The second kappa shape index (κ2) is 5.01. The van der Waals surface area contributed by atoms with E-state index in [1.54, 1.807) is 4.90 Å². The third-order valence-corrected chi connectivity index (χ3v) is 5.00. The fourth-order valence-corrected chi connectivity index (χ4v) is 3.82. The van der Waals surface area contributed by atoms with Gasteiger partial charge in [0, 0.05) is 24.4 Å². The maximum absolute atomic E-state index is 12.7. The monoisotopic (exact) mass is 312 g/mol. The summed E-state index contributed by atoms with van der Waals surface area (Å²) in [5, 5.41) is 2.30. The fourth-order valence-electron chi connectivity index (χ4n) is 3.82. The summed E-state index contributed by atoms with van der Waals surface area (Å²) in [7, 11) is 0. The van der Waals surface area contributed by atoms with E-state index in [0.29, 0.717) is 24.9 Å². The highest BCUT2D eigenvalue weighted by Crippen LogP contribution is 2.34. The van der Waals surface area contributed by atoms with E-state index in [0.717, 1.165) is 29.4 Å². The van der Waals surface area contributed by atoms with Crippen molar-refractivity contribution in [3.63, 3.8) is 0 Å². The zero-order valence-corrected chi connectivity index (χ0v) is 12.5. The van der Waals surface area contributed by atoms with Crippen LogP contribution in [0, 0.1) is 5.92 Å². The van der Waals surface area contributed by atoms with Gasteiger partial charge < -0.3 is 9.69 Å². The number of fused-ring (bicyclic) bond motifs is 2. The molecule has 0 bridgehead atoms. The van der Waals surface area contributed by atoms with Crippen molar-refractivity contribution in [1.82, 2.24) is 10.2 Å². The summed E-state index contributed by atoms with van der Waals surface area (Å²) >= 11 is 0. The van der Waals surface area contributed by atoms with Crippen LogP contribution >= 0.6 is 0 Å². The smallest absolute Gasteiger partial charge is 0.255 e. The minimum absolute atomic E-state index is 0.00821. The molecule has 1 saturated heterocycles. The molecular formula is C17H16N2O4. The number of amides is 3. The number of piperidine rings is 1. The normalized spacial score (nSPS) is 26.1. The minimum Gasteiger partial charge on any atom is -0.322 e. The van der Waals surface area contributed by atoms with Crippen LogP contribution in [-0.4, -0.2) is 34.9 Å². The van der Waals surface area contributed by atoms with E-state index >= 15 is 0 Å². The molecule has 1 unspecified atom stereocenters. The molecule has 1 aromatic carbocycles. The number of hydrogen-bond acceptors (Lipinski definition) is 4. The van der Waals surface area contributed by atoms with Crippen molar-refractivity contribution in [2.45, 2.75) is 38.3 Å². The number of carbonyl (C=O) groups is 4. The fraction of sp³-hybridized carbons (Fsp3) is 0.412. The molecule has 1 aliphatic carbocycles. The molecule has 3 aliphatic rings. The van der Waals surface area contributed by atoms with Crippen molar-refractivity contribution in [3.05, 3.63) is 34.4 Å². The lowest BCUT2D eigenvalue weighted by Gasteiger charge is -2.29. The van der Waals surface area contributed by atoms with Crippen LogP contribution in [0.1, 0.15) is 39.9 Å². The molecule has 23 heavy (non-hydrogen) atoms. The van der Waals surface area contributed by atoms with E-state index in [-0.39, 0.29) is 24.2 Å². The van der Waals surface area contributed by atoms with Gasteiger partial charge in [0.25, 0.3) is 5.91 Å². The van der Waals surface area contributed by atoms with Crippen LogP contribution in [0.3, 0.4) is 0 Å². The molecule has 0 radical (unpaired) electrons. The number of hydrogen-bond donors (Lipinski definition) is 1. The van der Waals surface area contributed by atoms with Crippen molar-refractivity contribution in [1.29, 1.82) is 0 Å². The Morgan fingerprint density at radius 1 is 1.09 bits per heavy atom. The zero-order chi connectivity index (χ0) is 16.1. The van der Waals surface area contributed by atoms with Gasteiger partial charge in [0.05, 0.1) is 0 Å². The number of aldehydes is 1. The van der Waals surface area contributed by atoms with Gasteiger partial charge >= 0.3 is 0 Å². The summed E-state index contributed by atoms with van der Waals surface area (Å²) in [5.74, 6) is -0.828. The van der Waals surface area contributed by atoms with Gasteiger partial charge in [0.1, 0.15) is 12.3 Å². The lowest BCUT2D eigenvalue weighted by atomic mass is 10.0. The number of imide groups is 1. The van der Waals surface area contributed by atoms with Crippen molar-refractivity contribution < 1.29 is 19.2 Å². The van der Waals surface area contributed by atoms with Crippen LogP contribution in [0.5, 0.6) is 0 Å². The average molecular weight is 312 g/mol.